The molecule has 0 fully saturated rings. The van der Waals surface area contributed by atoms with E-state index < -0.39 is 0 Å². The molecule has 0 atom stereocenters. The summed E-state index contributed by atoms with van der Waals surface area (Å²) in [6.07, 6.45) is 5.55. The SMILES string of the molecule is C/C=C\S/C(=C\C)c1nc2ncc(C#N)cc2nc1-c1cccs1. The fourth-order valence-corrected chi connectivity index (χ4v) is 3.55. The Morgan fingerprint density at radius 2 is 2.21 bits per heavy atom. The Morgan fingerprint density at radius 1 is 1.33 bits per heavy atom. The van der Waals surface area contributed by atoms with Crippen molar-refractivity contribution in [3.63, 3.8) is 0 Å². The Balaban J connectivity index is 2.26. The van der Waals surface area contributed by atoms with Crippen LogP contribution in [-0.2, 0) is 0 Å². The summed E-state index contributed by atoms with van der Waals surface area (Å²) in [4.78, 5) is 15.8. The lowest BCUT2D eigenvalue weighted by atomic mass is 10.2. The fourth-order valence-electron chi connectivity index (χ4n) is 2.17. The van der Waals surface area contributed by atoms with Crippen LogP contribution in [0.1, 0.15) is 25.1 Å². The van der Waals surface area contributed by atoms with Crippen molar-refractivity contribution in [3.05, 3.63) is 58.6 Å². The van der Waals surface area contributed by atoms with Gasteiger partial charge in [-0.15, -0.1) is 11.3 Å². The highest BCUT2D eigenvalue weighted by atomic mass is 32.2. The zero-order chi connectivity index (χ0) is 16.9. The third-order valence-corrected chi connectivity index (χ3v) is 5.20. The molecule has 0 saturated carbocycles. The van der Waals surface area contributed by atoms with E-state index in [2.05, 4.69) is 11.1 Å². The van der Waals surface area contributed by atoms with Gasteiger partial charge in [-0.3, -0.25) is 0 Å². The Labute approximate surface area is 148 Å². The minimum atomic E-state index is 0.483. The number of nitriles is 1. The van der Waals surface area contributed by atoms with Crippen LogP contribution in [-0.4, -0.2) is 15.0 Å². The van der Waals surface area contributed by atoms with Gasteiger partial charge in [-0.1, -0.05) is 30.0 Å². The molecule has 0 radical (unpaired) electrons. The molecule has 0 aliphatic heterocycles. The highest BCUT2D eigenvalue weighted by molar-refractivity contribution is 8.10. The molecule has 0 spiro atoms. The van der Waals surface area contributed by atoms with Crippen LogP contribution in [0.4, 0.5) is 0 Å². The van der Waals surface area contributed by atoms with E-state index in [0.717, 1.165) is 21.2 Å². The average Bonchev–Trinajstić information content (AvgIpc) is 3.15. The minimum absolute atomic E-state index is 0.483. The molecule has 6 heteroatoms. The first kappa shape index (κ1) is 16.4. The van der Waals surface area contributed by atoms with E-state index in [1.54, 1.807) is 29.2 Å². The Hall–Kier alpha value is -2.49. The van der Waals surface area contributed by atoms with E-state index in [9.17, 15) is 0 Å². The molecule has 0 amide bonds. The zero-order valence-corrected chi connectivity index (χ0v) is 14.9. The van der Waals surface area contributed by atoms with Gasteiger partial charge >= 0.3 is 0 Å². The third kappa shape index (κ3) is 3.23. The molecule has 0 N–H and O–H groups in total. The summed E-state index contributed by atoms with van der Waals surface area (Å²) >= 11 is 3.22. The molecule has 0 aliphatic rings. The number of pyridine rings is 1. The maximum absolute atomic E-state index is 9.07. The first-order valence-electron chi connectivity index (χ1n) is 7.33. The molecule has 3 aromatic heterocycles. The summed E-state index contributed by atoms with van der Waals surface area (Å²) < 4.78 is 0. The maximum Gasteiger partial charge on any atom is 0.178 e. The number of thiophene rings is 1. The molecule has 0 saturated heterocycles. The summed E-state index contributed by atoms with van der Waals surface area (Å²) in [5.41, 5.74) is 3.29. The quantitative estimate of drug-likeness (QED) is 0.643. The average molecular weight is 350 g/mol. The second kappa shape index (κ2) is 7.39. The van der Waals surface area contributed by atoms with Gasteiger partial charge in [0.15, 0.2) is 5.65 Å². The number of aromatic nitrogens is 3. The monoisotopic (exact) mass is 350 g/mol. The maximum atomic E-state index is 9.07. The van der Waals surface area contributed by atoms with Crippen molar-refractivity contribution < 1.29 is 0 Å². The Bertz CT molecular complexity index is 967. The van der Waals surface area contributed by atoms with Crippen LogP contribution >= 0.6 is 23.1 Å². The van der Waals surface area contributed by atoms with Gasteiger partial charge in [-0.2, -0.15) is 5.26 Å². The highest BCUT2D eigenvalue weighted by Gasteiger charge is 2.16. The second-order valence-electron chi connectivity index (χ2n) is 4.82. The van der Waals surface area contributed by atoms with E-state index in [-0.39, 0.29) is 0 Å². The smallest absolute Gasteiger partial charge is 0.178 e. The predicted octanol–water partition coefficient (Wildman–Crippen LogP) is 5.25. The van der Waals surface area contributed by atoms with Gasteiger partial charge in [0.1, 0.15) is 23.0 Å². The molecule has 118 valence electrons. The summed E-state index contributed by atoms with van der Waals surface area (Å²) in [5.74, 6) is 0. The van der Waals surface area contributed by atoms with Crippen LogP contribution in [0.3, 0.4) is 0 Å². The van der Waals surface area contributed by atoms with Gasteiger partial charge in [-0.25, -0.2) is 15.0 Å². The fraction of sp³-hybridized carbons (Fsp3) is 0.111. The molecule has 3 rings (SSSR count). The van der Waals surface area contributed by atoms with E-state index in [1.165, 1.54) is 6.20 Å². The Morgan fingerprint density at radius 3 is 2.88 bits per heavy atom. The molecule has 3 heterocycles. The van der Waals surface area contributed by atoms with Crippen LogP contribution in [0.2, 0.25) is 0 Å². The van der Waals surface area contributed by atoms with Gasteiger partial charge in [0.2, 0.25) is 0 Å². The number of rotatable bonds is 4. The molecule has 0 unspecified atom stereocenters. The summed E-state index contributed by atoms with van der Waals surface area (Å²) in [6.45, 7) is 3.97. The van der Waals surface area contributed by atoms with Crippen LogP contribution in [0.25, 0.3) is 26.6 Å². The summed E-state index contributed by atoms with van der Waals surface area (Å²) in [5, 5.41) is 13.1. The lowest BCUT2D eigenvalue weighted by Crippen LogP contribution is -1.98. The first-order chi connectivity index (χ1) is 11.8. The molecule has 4 nitrogen and oxygen atoms in total. The summed E-state index contributed by atoms with van der Waals surface area (Å²) in [7, 11) is 0. The summed E-state index contributed by atoms with van der Waals surface area (Å²) in [6, 6.07) is 7.85. The molecular formula is C18H14N4S2. The molecular weight excluding hydrogens is 336 g/mol. The topological polar surface area (TPSA) is 62.5 Å². The molecule has 0 aliphatic carbocycles. The van der Waals surface area contributed by atoms with Gasteiger partial charge in [-0.05, 0) is 36.8 Å². The molecule has 24 heavy (non-hydrogen) atoms. The van der Waals surface area contributed by atoms with Crippen molar-refractivity contribution in [2.24, 2.45) is 0 Å². The minimum Gasteiger partial charge on any atom is -0.241 e. The number of hydrogen-bond acceptors (Lipinski definition) is 6. The first-order valence-corrected chi connectivity index (χ1v) is 9.09. The van der Waals surface area contributed by atoms with E-state index in [0.29, 0.717) is 16.7 Å². The zero-order valence-electron chi connectivity index (χ0n) is 13.2. The largest absolute Gasteiger partial charge is 0.241 e. The third-order valence-electron chi connectivity index (χ3n) is 3.23. The van der Waals surface area contributed by atoms with Crippen molar-refractivity contribution in [2.45, 2.75) is 13.8 Å². The standard InChI is InChI=1S/C18H14N4S2/c1-3-7-23-14(4-2)16-17(15-6-5-8-24-15)21-13-9-12(10-19)11-20-18(13)22-16/h3-9,11H,1-2H3/b7-3-,14-4-. The number of fused-ring (bicyclic) bond motifs is 1. The number of hydrogen-bond donors (Lipinski definition) is 0. The van der Waals surface area contributed by atoms with Gasteiger partial charge < -0.3 is 0 Å². The lowest BCUT2D eigenvalue weighted by Gasteiger charge is -2.10. The number of thioether (sulfide) groups is 1. The molecule has 0 aromatic carbocycles. The lowest BCUT2D eigenvalue weighted by molar-refractivity contribution is 1.20. The van der Waals surface area contributed by atoms with Crippen LogP contribution in [0.15, 0.2) is 47.3 Å². The Kier molecular flexibility index (Phi) is 5.04. The van der Waals surface area contributed by atoms with Crippen molar-refractivity contribution >= 4 is 39.2 Å². The predicted molar refractivity (Wildman–Crippen MR) is 101 cm³/mol. The van der Waals surface area contributed by atoms with Gasteiger partial charge in [0, 0.05) is 11.1 Å². The van der Waals surface area contributed by atoms with E-state index >= 15 is 0 Å². The van der Waals surface area contributed by atoms with Crippen LogP contribution in [0, 0.1) is 11.3 Å². The second-order valence-corrected chi connectivity index (χ2v) is 6.71. The molecule has 0 bridgehead atoms. The van der Waals surface area contributed by atoms with Crippen molar-refractivity contribution in [3.8, 4) is 16.6 Å². The van der Waals surface area contributed by atoms with Gasteiger partial charge in [0.05, 0.1) is 10.4 Å². The number of allylic oxidation sites excluding steroid dienone is 2. The van der Waals surface area contributed by atoms with Gasteiger partial charge in [0.25, 0.3) is 0 Å². The van der Waals surface area contributed by atoms with E-state index in [1.807, 2.05) is 48.9 Å². The number of nitrogens with zero attached hydrogens (tertiary/aromatic N) is 4. The van der Waals surface area contributed by atoms with E-state index in [4.69, 9.17) is 15.2 Å². The highest BCUT2D eigenvalue weighted by Crippen LogP contribution is 2.36. The van der Waals surface area contributed by atoms with Crippen molar-refractivity contribution in [1.29, 1.82) is 5.26 Å². The normalized spacial score (nSPS) is 12.0. The van der Waals surface area contributed by atoms with Crippen molar-refractivity contribution in [2.75, 3.05) is 0 Å². The molecule has 3 aromatic rings. The van der Waals surface area contributed by atoms with Crippen LogP contribution < -0.4 is 0 Å². The van der Waals surface area contributed by atoms with Crippen molar-refractivity contribution in [1.82, 2.24) is 15.0 Å². The van der Waals surface area contributed by atoms with Crippen LogP contribution in [0.5, 0.6) is 0 Å².